The summed E-state index contributed by atoms with van der Waals surface area (Å²) in [4.78, 5) is 4.41. The molecule has 2 aromatic rings. The average Bonchev–Trinajstić information content (AvgIpc) is 3.04. The number of nitrogens with one attached hydrogen (secondary N) is 1. The second-order valence-corrected chi connectivity index (χ2v) is 5.97. The Kier molecular flexibility index (Phi) is 4.71. The molecular formula is C18H25N3. The molecule has 1 heterocycles. The lowest BCUT2D eigenvalue weighted by atomic mass is 9.87. The van der Waals surface area contributed by atoms with E-state index in [1.165, 1.54) is 49.0 Å². The van der Waals surface area contributed by atoms with E-state index in [0.29, 0.717) is 5.92 Å². The Morgan fingerprint density at radius 1 is 1.24 bits per heavy atom. The molecule has 3 heteroatoms. The Morgan fingerprint density at radius 2 is 2.10 bits per heavy atom. The van der Waals surface area contributed by atoms with E-state index in [4.69, 9.17) is 0 Å². The van der Waals surface area contributed by atoms with Crippen molar-refractivity contribution in [3.8, 4) is 5.69 Å². The normalized spacial score (nSPS) is 16.2. The molecule has 112 valence electrons. The van der Waals surface area contributed by atoms with Gasteiger partial charge in [-0.25, -0.2) is 4.98 Å². The summed E-state index contributed by atoms with van der Waals surface area (Å²) < 4.78 is 2.28. The monoisotopic (exact) mass is 283 g/mol. The Hall–Kier alpha value is -1.61. The largest absolute Gasteiger partial charge is 0.313 e. The summed E-state index contributed by atoms with van der Waals surface area (Å²) in [6, 6.07) is 8.79. The number of aromatic nitrogens is 2. The lowest BCUT2D eigenvalue weighted by Crippen LogP contribution is -2.12. The van der Waals surface area contributed by atoms with Gasteiger partial charge in [-0.3, -0.25) is 0 Å². The molecular weight excluding hydrogens is 258 g/mol. The van der Waals surface area contributed by atoms with Gasteiger partial charge in [0.2, 0.25) is 0 Å². The van der Waals surface area contributed by atoms with Gasteiger partial charge in [-0.05, 0) is 37.1 Å². The first-order valence-electron chi connectivity index (χ1n) is 8.20. The Balaban J connectivity index is 1.85. The second-order valence-electron chi connectivity index (χ2n) is 5.97. The van der Waals surface area contributed by atoms with Gasteiger partial charge in [-0.1, -0.05) is 38.3 Å². The molecule has 1 saturated carbocycles. The summed E-state index contributed by atoms with van der Waals surface area (Å²) in [7, 11) is 0. The highest BCUT2D eigenvalue weighted by atomic mass is 15.1. The van der Waals surface area contributed by atoms with Crippen molar-refractivity contribution in [3.63, 3.8) is 0 Å². The van der Waals surface area contributed by atoms with Gasteiger partial charge in [-0.2, -0.15) is 0 Å². The molecule has 1 aromatic carbocycles. The predicted molar refractivity (Wildman–Crippen MR) is 86.8 cm³/mol. The van der Waals surface area contributed by atoms with Crippen LogP contribution in [0.25, 0.3) is 5.69 Å². The molecule has 0 unspecified atom stereocenters. The third-order valence-corrected chi connectivity index (χ3v) is 4.46. The number of hydrogen-bond acceptors (Lipinski definition) is 2. The first-order chi connectivity index (χ1) is 10.4. The number of rotatable bonds is 5. The standard InChI is InChI=1S/C18H25N3/c1-2-19-12-15-7-6-10-17(11-15)21-14-20-13-18(21)16-8-4-3-5-9-16/h6-7,10-11,13-14,16,19H,2-5,8-9,12H2,1H3. The fourth-order valence-corrected chi connectivity index (χ4v) is 3.31. The average molecular weight is 283 g/mol. The number of nitrogens with zero attached hydrogens (tertiary/aromatic N) is 2. The molecule has 3 nitrogen and oxygen atoms in total. The molecule has 3 rings (SSSR count). The quantitative estimate of drug-likeness (QED) is 0.898. The minimum absolute atomic E-state index is 0.679. The summed E-state index contributed by atoms with van der Waals surface area (Å²) >= 11 is 0. The summed E-state index contributed by atoms with van der Waals surface area (Å²) in [5.74, 6) is 0.679. The van der Waals surface area contributed by atoms with Gasteiger partial charge in [0, 0.05) is 30.0 Å². The number of benzene rings is 1. The fraction of sp³-hybridized carbons (Fsp3) is 0.500. The van der Waals surface area contributed by atoms with Crippen molar-refractivity contribution in [2.24, 2.45) is 0 Å². The number of imidazole rings is 1. The summed E-state index contributed by atoms with van der Waals surface area (Å²) in [5.41, 5.74) is 3.96. The van der Waals surface area contributed by atoms with Crippen LogP contribution in [0.1, 0.15) is 56.2 Å². The van der Waals surface area contributed by atoms with Crippen LogP contribution in [-0.4, -0.2) is 16.1 Å². The molecule has 0 saturated heterocycles. The van der Waals surface area contributed by atoms with E-state index in [9.17, 15) is 0 Å². The smallest absolute Gasteiger partial charge is 0.0994 e. The highest BCUT2D eigenvalue weighted by Crippen LogP contribution is 2.33. The maximum absolute atomic E-state index is 4.41. The van der Waals surface area contributed by atoms with E-state index in [2.05, 4.69) is 52.3 Å². The van der Waals surface area contributed by atoms with Gasteiger partial charge < -0.3 is 9.88 Å². The molecule has 1 N–H and O–H groups in total. The lowest BCUT2D eigenvalue weighted by molar-refractivity contribution is 0.433. The molecule has 1 aromatic heterocycles. The topological polar surface area (TPSA) is 29.9 Å². The Bertz CT molecular complexity index is 567. The first-order valence-corrected chi connectivity index (χ1v) is 8.20. The molecule has 1 aliphatic rings. The molecule has 21 heavy (non-hydrogen) atoms. The van der Waals surface area contributed by atoms with Gasteiger partial charge in [0.25, 0.3) is 0 Å². The summed E-state index contributed by atoms with van der Waals surface area (Å²) in [6.07, 6.45) is 10.8. The molecule has 0 radical (unpaired) electrons. The summed E-state index contributed by atoms with van der Waals surface area (Å²) in [6.45, 7) is 4.07. The zero-order chi connectivity index (χ0) is 14.5. The minimum atomic E-state index is 0.679. The second kappa shape index (κ2) is 6.90. The van der Waals surface area contributed by atoms with Crippen molar-refractivity contribution in [2.75, 3.05) is 6.54 Å². The highest BCUT2D eigenvalue weighted by molar-refractivity contribution is 5.38. The first kappa shape index (κ1) is 14.3. The molecule has 0 spiro atoms. The Labute approximate surface area is 127 Å². The van der Waals surface area contributed by atoms with Gasteiger partial charge in [0.1, 0.15) is 0 Å². The molecule has 1 fully saturated rings. The van der Waals surface area contributed by atoms with Crippen molar-refractivity contribution < 1.29 is 0 Å². The lowest BCUT2D eigenvalue weighted by Gasteiger charge is -2.23. The van der Waals surface area contributed by atoms with Crippen LogP contribution < -0.4 is 5.32 Å². The van der Waals surface area contributed by atoms with Gasteiger partial charge in [0.05, 0.1) is 6.33 Å². The van der Waals surface area contributed by atoms with Crippen LogP contribution in [-0.2, 0) is 6.54 Å². The SMILES string of the molecule is CCNCc1cccc(-n2cncc2C2CCCCC2)c1. The number of hydrogen-bond donors (Lipinski definition) is 1. The van der Waals surface area contributed by atoms with Crippen LogP contribution >= 0.6 is 0 Å². The third-order valence-electron chi connectivity index (χ3n) is 4.46. The molecule has 0 atom stereocenters. The van der Waals surface area contributed by atoms with Crippen molar-refractivity contribution >= 4 is 0 Å². The van der Waals surface area contributed by atoms with Crippen LogP contribution in [0.15, 0.2) is 36.8 Å². The van der Waals surface area contributed by atoms with E-state index >= 15 is 0 Å². The van der Waals surface area contributed by atoms with Crippen molar-refractivity contribution in [1.29, 1.82) is 0 Å². The fourth-order valence-electron chi connectivity index (χ4n) is 3.31. The molecule has 0 aliphatic heterocycles. The Morgan fingerprint density at radius 3 is 2.90 bits per heavy atom. The maximum Gasteiger partial charge on any atom is 0.0994 e. The minimum Gasteiger partial charge on any atom is -0.313 e. The molecule has 0 amide bonds. The molecule has 0 bridgehead atoms. The van der Waals surface area contributed by atoms with Crippen molar-refractivity contribution in [1.82, 2.24) is 14.9 Å². The maximum atomic E-state index is 4.41. The van der Waals surface area contributed by atoms with E-state index in [0.717, 1.165) is 13.1 Å². The van der Waals surface area contributed by atoms with Crippen LogP contribution in [0, 0.1) is 0 Å². The van der Waals surface area contributed by atoms with E-state index < -0.39 is 0 Å². The zero-order valence-corrected chi connectivity index (χ0v) is 12.9. The van der Waals surface area contributed by atoms with Crippen LogP contribution in [0.5, 0.6) is 0 Å². The highest BCUT2D eigenvalue weighted by Gasteiger charge is 2.19. The van der Waals surface area contributed by atoms with Crippen molar-refractivity contribution in [2.45, 2.75) is 51.5 Å². The molecule has 1 aliphatic carbocycles. The predicted octanol–water partition coefficient (Wildman–Crippen LogP) is 4.03. The van der Waals surface area contributed by atoms with E-state index in [1.807, 2.05) is 6.33 Å². The van der Waals surface area contributed by atoms with Crippen LogP contribution in [0.2, 0.25) is 0 Å². The van der Waals surface area contributed by atoms with Gasteiger partial charge >= 0.3 is 0 Å². The summed E-state index contributed by atoms with van der Waals surface area (Å²) in [5, 5.41) is 3.39. The van der Waals surface area contributed by atoms with Crippen molar-refractivity contribution in [3.05, 3.63) is 48.0 Å². The van der Waals surface area contributed by atoms with Gasteiger partial charge in [-0.15, -0.1) is 0 Å². The van der Waals surface area contributed by atoms with E-state index in [-0.39, 0.29) is 0 Å². The zero-order valence-electron chi connectivity index (χ0n) is 12.9. The van der Waals surface area contributed by atoms with Crippen LogP contribution in [0.3, 0.4) is 0 Å². The van der Waals surface area contributed by atoms with E-state index in [1.54, 1.807) is 0 Å². The van der Waals surface area contributed by atoms with Crippen LogP contribution in [0.4, 0.5) is 0 Å². The van der Waals surface area contributed by atoms with Gasteiger partial charge in [0.15, 0.2) is 0 Å². The third kappa shape index (κ3) is 3.35.